The molecule has 1 aliphatic heterocycles. The Kier molecular flexibility index (Phi) is 5.10. The Balaban J connectivity index is 1.68. The molecule has 0 radical (unpaired) electrons. The Morgan fingerprint density at radius 1 is 1.42 bits per heavy atom. The number of hydrogen-bond acceptors (Lipinski definition) is 4. The summed E-state index contributed by atoms with van der Waals surface area (Å²) < 4.78 is 6.02. The molecule has 1 saturated heterocycles. The van der Waals surface area contributed by atoms with Gasteiger partial charge in [0.1, 0.15) is 5.82 Å². The highest BCUT2D eigenvalue weighted by Gasteiger charge is 2.38. The van der Waals surface area contributed by atoms with Gasteiger partial charge in [-0.15, -0.1) is 0 Å². The van der Waals surface area contributed by atoms with E-state index in [2.05, 4.69) is 20.5 Å². The summed E-state index contributed by atoms with van der Waals surface area (Å²) in [5, 5.41) is 9.93. The third-order valence-electron chi connectivity index (χ3n) is 4.09. The molecule has 1 aromatic heterocycles. The van der Waals surface area contributed by atoms with Crippen LogP contribution < -0.4 is 5.32 Å². The van der Waals surface area contributed by atoms with Crippen LogP contribution in [-0.4, -0.2) is 45.3 Å². The summed E-state index contributed by atoms with van der Waals surface area (Å²) in [6.45, 7) is 5.42. The van der Waals surface area contributed by atoms with Crippen LogP contribution in [0.2, 0.25) is 0 Å². The van der Waals surface area contributed by atoms with Crippen LogP contribution >= 0.6 is 0 Å². The number of hydrogen-bond donors (Lipinski definition) is 2. The third kappa shape index (κ3) is 3.73. The predicted molar refractivity (Wildman–Crippen MR) is 89.3 cm³/mol. The third-order valence-corrected chi connectivity index (χ3v) is 4.09. The number of aromatic amines is 1. The summed E-state index contributed by atoms with van der Waals surface area (Å²) in [5.74, 6) is 1.39. The molecular formula is C17H23N5O2. The topological polar surface area (TPSA) is 83.1 Å². The largest absolute Gasteiger partial charge is 0.372 e. The molecule has 2 amide bonds. The van der Waals surface area contributed by atoms with E-state index in [0.717, 1.165) is 11.4 Å². The van der Waals surface area contributed by atoms with E-state index in [9.17, 15) is 4.79 Å². The minimum atomic E-state index is -0.165. The van der Waals surface area contributed by atoms with Crippen molar-refractivity contribution in [3.63, 3.8) is 0 Å². The predicted octanol–water partition coefficient (Wildman–Crippen LogP) is 2.17. The van der Waals surface area contributed by atoms with Crippen LogP contribution in [0.1, 0.15) is 36.6 Å². The molecule has 128 valence electrons. The SMILES string of the molecule is CCNC(=O)N1C[C@@H](OCc2ccccc2)C[C@H]1c1n[nH]c(C)n1. The summed E-state index contributed by atoms with van der Waals surface area (Å²) in [4.78, 5) is 18.5. The van der Waals surface area contributed by atoms with E-state index in [-0.39, 0.29) is 18.2 Å². The molecule has 0 bridgehead atoms. The molecule has 1 aliphatic rings. The molecular weight excluding hydrogens is 306 g/mol. The Hall–Kier alpha value is -2.41. The Morgan fingerprint density at radius 2 is 2.21 bits per heavy atom. The van der Waals surface area contributed by atoms with Gasteiger partial charge >= 0.3 is 6.03 Å². The number of amides is 2. The second-order valence-corrected chi connectivity index (χ2v) is 5.94. The lowest BCUT2D eigenvalue weighted by molar-refractivity contribution is 0.0484. The van der Waals surface area contributed by atoms with Gasteiger partial charge in [0.2, 0.25) is 0 Å². The van der Waals surface area contributed by atoms with Gasteiger partial charge in [0.15, 0.2) is 5.82 Å². The number of H-pyrrole nitrogens is 1. The van der Waals surface area contributed by atoms with E-state index in [1.165, 1.54) is 0 Å². The van der Waals surface area contributed by atoms with Gasteiger partial charge in [-0.05, 0) is 19.4 Å². The molecule has 0 unspecified atom stereocenters. The second kappa shape index (κ2) is 7.44. The van der Waals surface area contributed by atoms with Gasteiger partial charge in [-0.2, -0.15) is 5.10 Å². The Bertz CT molecular complexity index is 673. The van der Waals surface area contributed by atoms with Crippen LogP contribution in [0.3, 0.4) is 0 Å². The van der Waals surface area contributed by atoms with E-state index >= 15 is 0 Å². The lowest BCUT2D eigenvalue weighted by atomic mass is 10.2. The van der Waals surface area contributed by atoms with Crippen molar-refractivity contribution in [2.45, 2.75) is 39.0 Å². The maximum atomic E-state index is 12.3. The van der Waals surface area contributed by atoms with E-state index < -0.39 is 0 Å². The standard InChI is InChI=1S/C17H23N5O2/c1-3-18-17(23)22-10-14(24-11-13-7-5-4-6-8-13)9-15(22)16-19-12(2)20-21-16/h4-8,14-15H,3,9-11H2,1-2H3,(H,18,23)(H,19,20,21)/t14-,15-/m0/s1. The van der Waals surface area contributed by atoms with Crippen molar-refractivity contribution >= 4 is 6.03 Å². The fraction of sp³-hybridized carbons (Fsp3) is 0.471. The number of ether oxygens (including phenoxy) is 1. The lowest BCUT2D eigenvalue weighted by Gasteiger charge is -2.22. The molecule has 2 atom stereocenters. The van der Waals surface area contributed by atoms with Crippen molar-refractivity contribution in [1.82, 2.24) is 25.4 Å². The molecule has 3 rings (SSSR count). The molecule has 0 spiro atoms. The molecule has 1 aromatic carbocycles. The van der Waals surface area contributed by atoms with Gasteiger partial charge in [-0.25, -0.2) is 9.78 Å². The normalized spacial score (nSPS) is 20.3. The van der Waals surface area contributed by atoms with Gasteiger partial charge < -0.3 is 15.0 Å². The van der Waals surface area contributed by atoms with Crippen molar-refractivity contribution < 1.29 is 9.53 Å². The maximum absolute atomic E-state index is 12.3. The molecule has 2 heterocycles. The minimum absolute atomic E-state index is 0.0309. The maximum Gasteiger partial charge on any atom is 0.318 e. The summed E-state index contributed by atoms with van der Waals surface area (Å²) in [7, 11) is 0. The van der Waals surface area contributed by atoms with Gasteiger partial charge in [0.25, 0.3) is 0 Å². The number of likely N-dealkylation sites (tertiary alicyclic amines) is 1. The van der Waals surface area contributed by atoms with Crippen LogP contribution in [0.15, 0.2) is 30.3 Å². The second-order valence-electron chi connectivity index (χ2n) is 5.94. The number of nitrogens with zero attached hydrogens (tertiary/aromatic N) is 3. The summed E-state index contributed by atoms with van der Waals surface area (Å²) in [6.07, 6.45) is 0.665. The average Bonchev–Trinajstić information content (AvgIpc) is 3.20. The number of urea groups is 1. The van der Waals surface area contributed by atoms with Crippen molar-refractivity contribution in [3.8, 4) is 0 Å². The molecule has 7 nitrogen and oxygen atoms in total. The van der Waals surface area contributed by atoms with Crippen LogP contribution in [0, 0.1) is 6.92 Å². The van der Waals surface area contributed by atoms with Gasteiger partial charge in [-0.1, -0.05) is 30.3 Å². The number of aryl methyl sites for hydroxylation is 1. The van der Waals surface area contributed by atoms with E-state index in [0.29, 0.717) is 31.9 Å². The molecule has 24 heavy (non-hydrogen) atoms. The first-order valence-corrected chi connectivity index (χ1v) is 8.26. The van der Waals surface area contributed by atoms with Crippen LogP contribution in [0.5, 0.6) is 0 Å². The lowest BCUT2D eigenvalue weighted by Crippen LogP contribution is -2.40. The summed E-state index contributed by atoms with van der Waals surface area (Å²) >= 11 is 0. The zero-order valence-electron chi connectivity index (χ0n) is 14.0. The summed E-state index contributed by atoms with van der Waals surface area (Å²) in [5.41, 5.74) is 1.12. The number of carbonyl (C=O) groups excluding carboxylic acids is 1. The van der Waals surface area contributed by atoms with Gasteiger partial charge in [0, 0.05) is 19.5 Å². The van der Waals surface area contributed by atoms with Crippen molar-refractivity contribution in [2.24, 2.45) is 0 Å². The number of carbonyl (C=O) groups is 1. The Labute approximate surface area is 141 Å². The van der Waals surface area contributed by atoms with Gasteiger partial charge in [-0.3, -0.25) is 5.10 Å². The first kappa shape index (κ1) is 16.4. The van der Waals surface area contributed by atoms with E-state index in [4.69, 9.17) is 4.74 Å². The van der Waals surface area contributed by atoms with Crippen LogP contribution in [0.25, 0.3) is 0 Å². The average molecular weight is 329 g/mol. The zero-order valence-corrected chi connectivity index (χ0v) is 14.0. The fourth-order valence-electron chi connectivity index (χ4n) is 2.94. The van der Waals surface area contributed by atoms with Crippen molar-refractivity contribution in [1.29, 1.82) is 0 Å². The van der Waals surface area contributed by atoms with E-state index in [1.54, 1.807) is 4.90 Å². The van der Waals surface area contributed by atoms with Crippen molar-refractivity contribution in [2.75, 3.05) is 13.1 Å². The first-order valence-electron chi connectivity index (χ1n) is 8.26. The molecule has 0 aliphatic carbocycles. The summed E-state index contributed by atoms with van der Waals surface area (Å²) in [6, 6.07) is 9.77. The van der Waals surface area contributed by atoms with Crippen LogP contribution in [-0.2, 0) is 11.3 Å². The van der Waals surface area contributed by atoms with E-state index in [1.807, 2.05) is 44.2 Å². The number of benzene rings is 1. The highest BCUT2D eigenvalue weighted by atomic mass is 16.5. The van der Waals surface area contributed by atoms with Crippen LogP contribution in [0.4, 0.5) is 4.79 Å². The van der Waals surface area contributed by atoms with Crippen molar-refractivity contribution in [3.05, 3.63) is 47.5 Å². The first-order chi connectivity index (χ1) is 11.7. The number of rotatable bonds is 5. The smallest absolute Gasteiger partial charge is 0.318 e. The quantitative estimate of drug-likeness (QED) is 0.881. The molecule has 2 N–H and O–H groups in total. The zero-order chi connectivity index (χ0) is 16.9. The number of nitrogens with one attached hydrogen (secondary N) is 2. The number of aromatic nitrogens is 3. The van der Waals surface area contributed by atoms with Gasteiger partial charge in [0.05, 0.1) is 18.8 Å². The minimum Gasteiger partial charge on any atom is -0.372 e. The highest BCUT2D eigenvalue weighted by molar-refractivity contribution is 5.75. The Morgan fingerprint density at radius 3 is 2.88 bits per heavy atom. The molecule has 7 heteroatoms. The molecule has 1 fully saturated rings. The molecule has 0 saturated carbocycles. The fourth-order valence-corrected chi connectivity index (χ4v) is 2.94. The monoisotopic (exact) mass is 329 g/mol. The highest BCUT2D eigenvalue weighted by Crippen LogP contribution is 2.32. The molecule has 2 aromatic rings.